The Bertz CT molecular complexity index is 445. The van der Waals surface area contributed by atoms with Crippen molar-refractivity contribution in [1.29, 1.82) is 0 Å². The number of pyridine rings is 1. The van der Waals surface area contributed by atoms with Gasteiger partial charge in [0.05, 0.1) is 12.2 Å². The van der Waals surface area contributed by atoms with Crippen LogP contribution in [0.5, 0.6) is 0 Å². The molecule has 1 saturated heterocycles. The smallest absolute Gasteiger partial charge is 0.233 e. The van der Waals surface area contributed by atoms with Crippen LogP contribution in [0.4, 0.5) is 0 Å². The molecule has 102 valence electrons. The summed E-state index contributed by atoms with van der Waals surface area (Å²) >= 11 is 0. The largest absolute Gasteiger partial charge is 0.276 e. The Labute approximate surface area is 113 Å². The topological polar surface area (TPSA) is 50.3 Å². The van der Waals surface area contributed by atoms with Gasteiger partial charge in [0.25, 0.3) is 0 Å². The lowest BCUT2D eigenvalue weighted by atomic mass is 10.00. The Morgan fingerprint density at radius 1 is 1.32 bits per heavy atom. The Hall–Kier alpha value is -1.71. The maximum absolute atomic E-state index is 12.2. The molecule has 4 nitrogen and oxygen atoms in total. The van der Waals surface area contributed by atoms with Crippen LogP contribution in [0, 0.1) is 5.92 Å². The molecule has 1 aliphatic rings. The van der Waals surface area contributed by atoms with E-state index in [0.717, 1.165) is 31.4 Å². The van der Waals surface area contributed by atoms with E-state index in [1.807, 2.05) is 18.2 Å². The molecule has 19 heavy (non-hydrogen) atoms. The highest BCUT2D eigenvalue weighted by molar-refractivity contribution is 6.03. The number of hydrogen-bond donors (Lipinski definition) is 0. The Kier molecular flexibility index (Phi) is 4.66. The first kappa shape index (κ1) is 13.7. The Balaban J connectivity index is 1.95. The van der Waals surface area contributed by atoms with E-state index in [9.17, 15) is 9.59 Å². The quantitative estimate of drug-likeness (QED) is 0.583. The summed E-state index contributed by atoms with van der Waals surface area (Å²) in [6.07, 6.45) is 6.16. The molecule has 1 aromatic heterocycles. The lowest BCUT2D eigenvalue weighted by molar-refractivity contribution is -0.140. The highest BCUT2D eigenvalue weighted by Gasteiger charge is 2.37. The van der Waals surface area contributed by atoms with Crippen LogP contribution in [-0.2, 0) is 16.1 Å². The van der Waals surface area contributed by atoms with Gasteiger partial charge >= 0.3 is 0 Å². The van der Waals surface area contributed by atoms with Crippen LogP contribution in [0.15, 0.2) is 24.4 Å². The number of aromatic nitrogens is 1. The molecule has 0 bridgehead atoms. The van der Waals surface area contributed by atoms with Crippen molar-refractivity contribution < 1.29 is 9.59 Å². The van der Waals surface area contributed by atoms with Crippen molar-refractivity contribution >= 4 is 11.8 Å². The zero-order valence-electron chi connectivity index (χ0n) is 11.3. The number of amides is 2. The molecule has 2 amide bonds. The van der Waals surface area contributed by atoms with Crippen molar-refractivity contribution in [2.24, 2.45) is 5.92 Å². The fourth-order valence-corrected chi connectivity index (χ4v) is 2.44. The van der Waals surface area contributed by atoms with Crippen LogP contribution < -0.4 is 0 Å². The van der Waals surface area contributed by atoms with Gasteiger partial charge in [-0.3, -0.25) is 19.5 Å². The number of carbonyl (C=O) groups is 2. The lowest BCUT2D eigenvalue weighted by Crippen LogP contribution is -2.30. The first-order valence-electron chi connectivity index (χ1n) is 6.96. The fourth-order valence-electron chi connectivity index (χ4n) is 2.44. The van der Waals surface area contributed by atoms with Gasteiger partial charge in [-0.05, 0) is 18.6 Å². The predicted octanol–water partition coefficient (Wildman–Crippen LogP) is 2.54. The average molecular weight is 260 g/mol. The zero-order chi connectivity index (χ0) is 13.7. The van der Waals surface area contributed by atoms with Gasteiger partial charge in [-0.15, -0.1) is 0 Å². The van der Waals surface area contributed by atoms with Crippen LogP contribution in [0.2, 0.25) is 0 Å². The summed E-state index contributed by atoms with van der Waals surface area (Å²) < 4.78 is 0. The summed E-state index contributed by atoms with van der Waals surface area (Å²) in [7, 11) is 0. The van der Waals surface area contributed by atoms with Crippen molar-refractivity contribution in [2.45, 2.75) is 45.6 Å². The molecule has 2 rings (SSSR count). The third-order valence-corrected chi connectivity index (χ3v) is 3.54. The van der Waals surface area contributed by atoms with Gasteiger partial charge in [0.15, 0.2) is 0 Å². The molecular weight excluding hydrogens is 240 g/mol. The molecule has 4 heteroatoms. The molecule has 1 aromatic rings. The van der Waals surface area contributed by atoms with Crippen LogP contribution in [0.3, 0.4) is 0 Å². The molecule has 1 atom stereocenters. The van der Waals surface area contributed by atoms with E-state index in [2.05, 4.69) is 11.9 Å². The van der Waals surface area contributed by atoms with Crippen LogP contribution in [0.25, 0.3) is 0 Å². The number of hydrogen-bond acceptors (Lipinski definition) is 3. The van der Waals surface area contributed by atoms with Crippen LogP contribution >= 0.6 is 0 Å². The average Bonchev–Trinajstić information content (AvgIpc) is 2.68. The van der Waals surface area contributed by atoms with Gasteiger partial charge in [0.2, 0.25) is 11.8 Å². The van der Waals surface area contributed by atoms with Crippen LogP contribution in [0.1, 0.15) is 44.7 Å². The number of imide groups is 1. The molecule has 1 unspecified atom stereocenters. The number of rotatable bonds is 6. The summed E-state index contributed by atoms with van der Waals surface area (Å²) in [6.45, 7) is 2.44. The summed E-state index contributed by atoms with van der Waals surface area (Å²) in [5.41, 5.74) is 0.762. The van der Waals surface area contributed by atoms with E-state index in [4.69, 9.17) is 0 Å². The summed E-state index contributed by atoms with van der Waals surface area (Å²) in [5, 5.41) is 0. The predicted molar refractivity (Wildman–Crippen MR) is 72.0 cm³/mol. The molecular formula is C15H20N2O2. The molecule has 1 fully saturated rings. The minimum atomic E-state index is -0.109. The maximum Gasteiger partial charge on any atom is 0.233 e. The van der Waals surface area contributed by atoms with Gasteiger partial charge < -0.3 is 0 Å². The van der Waals surface area contributed by atoms with Gasteiger partial charge in [0.1, 0.15) is 0 Å². The fraction of sp³-hybridized carbons (Fsp3) is 0.533. The molecule has 0 radical (unpaired) electrons. The summed E-state index contributed by atoms with van der Waals surface area (Å²) in [4.78, 5) is 29.6. The first-order valence-corrected chi connectivity index (χ1v) is 6.96. The van der Waals surface area contributed by atoms with Gasteiger partial charge in [-0.2, -0.15) is 0 Å². The van der Waals surface area contributed by atoms with Gasteiger partial charge in [-0.1, -0.05) is 32.3 Å². The van der Waals surface area contributed by atoms with Crippen LogP contribution in [-0.4, -0.2) is 21.7 Å². The summed E-state index contributed by atoms with van der Waals surface area (Å²) in [5.74, 6) is -0.188. The van der Waals surface area contributed by atoms with E-state index in [0.29, 0.717) is 13.0 Å². The third-order valence-electron chi connectivity index (χ3n) is 3.54. The molecule has 0 saturated carbocycles. The highest BCUT2D eigenvalue weighted by atomic mass is 16.2. The zero-order valence-corrected chi connectivity index (χ0v) is 11.3. The number of nitrogens with zero attached hydrogens (tertiary/aromatic N) is 2. The van der Waals surface area contributed by atoms with Gasteiger partial charge in [-0.25, -0.2) is 0 Å². The second-order valence-corrected chi connectivity index (χ2v) is 5.04. The van der Waals surface area contributed by atoms with E-state index in [-0.39, 0.29) is 17.7 Å². The number of likely N-dealkylation sites (tertiary alicyclic amines) is 1. The standard InChI is InChI=1S/C15H20N2O2/c1-2-3-4-7-12-10-14(18)17(15(12)19)11-13-8-5-6-9-16-13/h5-6,8-9,12H,2-4,7,10-11H2,1H3. The minimum absolute atomic E-state index is 0.0215. The molecule has 2 heterocycles. The third kappa shape index (κ3) is 3.40. The molecule has 1 aliphatic heterocycles. The summed E-state index contributed by atoms with van der Waals surface area (Å²) in [6, 6.07) is 5.53. The second kappa shape index (κ2) is 6.45. The highest BCUT2D eigenvalue weighted by Crippen LogP contribution is 2.25. The molecule has 0 spiro atoms. The Morgan fingerprint density at radius 2 is 2.16 bits per heavy atom. The number of unbranched alkanes of at least 4 members (excludes halogenated alkanes) is 2. The lowest BCUT2D eigenvalue weighted by Gasteiger charge is -2.14. The van der Waals surface area contributed by atoms with E-state index in [1.165, 1.54) is 4.90 Å². The van der Waals surface area contributed by atoms with E-state index < -0.39 is 0 Å². The van der Waals surface area contributed by atoms with Crippen molar-refractivity contribution in [2.75, 3.05) is 0 Å². The minimum Gasteiger partial charge on any atom is -0.276 e. The number of carbonyl (C=O) groups excluding carboxylic acids is 2. The van der Waals surface area contributed by atoms with Crippen molar-refractivity contribution in [1.82, 2.24) is 9.88 Å². The second-order valence-electron chi connectivity index (χ2n) is 5.04. The molecule has 0 N–H and O–H groups in total. The van der Waals surface area contributed by atoms with Crippen molar-refractivity contribution in [3.8, 4) is 0 Å². The molecule has 0 aliphatic carbocycles. The maximum atomic E-state index is 12.2. The SMILES string of the molecule is CCCCCC1CC(=O)N(Cc2ccccn2)C1=O. The van der Waals surface area contributed by atoms with Crippen molar-refractivity contribution in [3.63, 3.8) is 0 Å². The first-order chi connectivity index (χ1) is 9.22. The normalized spacial score (nSPS) is 19.2. The van der Waals surface area contributed by atoms with Crippen molar-refractivity contribution in [3.05, 3.63) is 30.1 Å². The molecule has 0 aromatic carbocycles. The van der Waals surface area contributed by atoms with E-state index in [1.54, 1.807) is 6.20 Å². The van der Waals surface area contributed by atoms with Gasteiger partial charge in [0, 0.05) is 18.5 Å². The van der Waals surface area contributed by atoms with E-state index >= 15 is 0 Å². The monoisotopic (exact) mass is 260 g/mol. The Morgan fingerprint density at radius 3 is 2.84 bits per heavy atom.